The molecule has 0 radical (unpaired) electrons. The van der Waals surface area contributed by atoms with Gasteiger partial charge in [0.05, 0.1) is 18.5 Å². The molecular weight excluding hydrogens is 270 g/mol. The van der Waals surface area contributed by atoms with Crippen molar-refractivity contribution in [3.63, 3.8) is 0 Å². The second-order valence-corrected chi connectivity index (χ2v) is 4.26. The molecule has 0 bridgehead atoms. The second-order valence-electron chi connectivity index (χ2n) is 4.26. The van der Waals surface area contributed by atoms with Crippen molar-refractivity contribution >= 4 is 0 Å². The molecule has 0 aliphatic heterocycles. The van der Waals surface area contributed by atoms with Crippen molar-refractivity contribution in [2.45, 2.75) is 27.1 Å². The molecule has 0 fully saturated rings. The molecule has 0 atom stereocenters. The molecule has 21 heavy (non-hydrogen) atoms. The molecule has 0 saturated carbocycles. The molecule has 2 rings (SSSR count). The Hall–Kier alpha value is -1.92. The van der Waals surface area contributed by atoms with E-state index in [2.05, 4.69) is 10.3 Å². The molecule has 1 aromatic carbocycles. The number of rotatable bonds is 8. The number of hydrogen-bond acceptors (Lipinski definition) is 5. The molecule has 0 aliphatic carbocycles. The summed E-state index contributed by atoms with van der Waals surface area (Å²) in [7, 11) is 0. The maximum Gasteiger partial charge on any atom is 0.204 e. The van der Waals surface area contributed by atoms with Crippen molar-refractivity contribution in [3.05, 3.63) is 36.2 Å². The predicted molar refractivity (Wildman–Crippen MR) is 78.5 cm³/mol. The Labute approximate surface area is 124 Å². The molecule has 0 aliphatic rings. The molecule has 0 amide bonds. The Kier molecular flexibility index (Phi) is 5.71. The van der Waals surface area contributed by atoms with Crippen molar-refractivity contribution in [1.29, 1.82) is 0 Å². The fourth-order valence-electron chi connectivity index (χ4n) is 1.89. The molecule has 6 heteroatoms. The third-order valence-corrected chi connectivity index (χ3v) is 2.80. The molecule has 0 unspecified atom stereocenters. The highest BCUT2D eigenvalue weighted by atomic mass is 16.7. The van der Waals surface area contributed by atoms with Gasteiger partial charge in [0.2, 0.25) is 6.29 Å². The van der Waals surface area contributed by atoms with Crippen LogP contribution < -0.4 is 4.74 Å². The zero-order valence-corrected chi connectivity index (χ0v) is 12.7. The maximum absolute atomic E-state index is 5.51. The van der Waals surface area contributed by atoms with Gasteiger partial charge in [-0.15, -0.1) is 5.10 Å². The third kappa shape index (κ3) is 4.03. The lowest BCUT2D eigenvalue weighted by Crippen LogP contribution is -2.09. The number of benzene rings is 1. The van der Waals surface area contributed by atoms with E-state index in [4.69, 9.17) is 14.2 Å². The van der Waals surface area contributed by atoms with Crippen LogP contribution in [-0.2, 0) is 9.47 Å². The smallest absolute Gasteiger partial charge is 0.204 e. The van der Waals surface area contributed by atoms with Gasteiger partial charge in [0.25, 0.3) is 0 Å². The largest absolute Gasteiger partial charge is 0.494 e. The Morgan fingerprint density at radius 3 is 2.24 bits per heavy atom. The highest BCUT2D eigenvalue weighted by molar-refractivity contribution is 5.36. The van der Waals surface area contributed by atoms with Gasteiger partial charge in [-0.1, -0.05) is 5.21 Å². The zero-order chi connectivity index (χ0) is 15.1. The van der Waals surface area contributed by atoms with E-state index in [-0.39, 0.29) is 0 Å². The topological polar surface area (TPSA) is 58.4 Å². The van der Waals surface area contributed by atoms with E-state index in [0.717, 1.165) is 11.4 Å². The standard InChI is InChI=1S/C15H21N3O3/c1-4-19-13-9-7-12(8-10-13)18-11-14(16-17-18)15(20-5-2)21-6-3/h7-11,15H,4-6H2,1-3H3. The second kappa shape index (κ2) is 7.75. The Morgan fingerprint density at radius 1 is 1.00 bits per heavy atom. The summed E-state index contributed by atoms with van der Waals surface area (Å²) in [5.41, 5.74) is 1.57. The van der Waals surface area contributed by atoms with Gasteiger partial charge in [0.1, 0.15) is 11.4 Å². The normalized spacial score (nSPS) is 11.0. The average Bonchev–Trinajstić information content (AvgIpc) is 2.98. The van der Waals surface area contributed by atoms with Crippen LogP contribution in [0, 0.1) is 0 Å². The summed E-state index contributed by atoms with van der Waals surface area (Å²) in [6.45, 7) is 7.56. The fraction of sp³-hybridized carbons (Fsp3) is 0.467. The summed E-state index contributed by atoms with van der Waals surface area (Å²) in [5, 5.41) is 8.23. The van der Waals surface area contributed by atoms with Gasteiger partial charge in [-0.2, -0.15) is 0 Å². The van der Waals surface area contributed by atoms with Gasteiger partial charge in [0, 0.05) is 13.2 Å². The molecule has 1 heterocycles. The van der Waals surface area contributed by atoms with Crippen molar-refractivity contribution in [2.24, 2.45) is 0 Å². The quantitative estimate of drug-likeness (QED) is 0.700. The highest BCUT2D eigenvalue weighted by Crippen LogP contribution is 2.19. The molecule has 0 spiro atoms. The van der Waals surface area contributed by atoms with Crippen LogP contribution in [0.1, 0.15) is 32.8 Å². The maximum atomic E-state index is 5.51. The lowest BCUT2D eigenvalue weighted by Gasteiger charge is -2.13. The predicted octanol–water partition coefficient (Wildman–Crippen LogP) is 2.74. The minimum absolute atomic E-state index is 0.476. The summed E-state index contributed by atoms with van der Waals surface area (Å²) in [5.74, 6) is 0.836. The summed E-state index contributed by atoms with van der Waals surface area (Å²) >= 11 is 0. The monoisotopic (exact) mass is 291 g/mol. The molecule has 1 aromatic heterocycles. The molecule has 0 saturated heterocycles. The first kappa shape index (κ1) is 15.5. The molecule has 6 nitrogen and oxygen atoms in total. The third-order valence-electron chi connectivity index (χ3n) is 2.80. The van der Waals surface area contributed by atoms with Crippen molar-refractivity contribution < 1.29 is 14.2 Å². The lowest BCUT2D eigenvalue weighted by atomic mass is 10.3. The van der Waals surface area contributed by atoms with Gasteiger partial charge in [-0.3, -0.25) is 0 Å². The minimum atomic E-state index is -0.476. The zero-order valence-electron chi connectivity index (χ0n) is 12.7. The van der Waals surface area contributed by atoms with Gasteiger partial charge in [0.15, 0.2) is 0 Å². The Bertz CT molecular complexity index is 533. The molecule has 0 N–H and O–H groups in total. The highest BCUT2D eigenvalue weighted by Gasteiger charge is 2.16. The first-order chi connectivity index (χ1) is 10.3. The van der Waals surface area contributed by atoms with E-state index >= 15 is 0 Å². The van der Waals surface area contributed by atoms with Gasteiger partial charge < -0.3 is 14.2 Å². The van der Waals surface area contributed by atoms with Crippen LogP contribution >= 0.6 is 0 Å². The van der Waals surface area contributed by atoms with E-state index in [1.165, 1.54) is 0 Å². The van der Waals surface area contributed by atoms with Crippen LogP contribution in [0.5, 0.6) is 5.75 Å². The summed E-state index contributed by atoms with van der Waals surface area (Å²) in [6.07, 6.45) is 1.34. The number of hydrogen-bond donors (Lipinski definition) is 0. The van der Waals surface area contributed by atoms with E-state index in [0.29, 0.717) is 25.5 Å². The van der Waals surface area contributed by atoms with Crippen molar-refractivity contribution in [2.75, 3.05) is 19.8 Å². The minimum Gasteiger partial charge on any atom is -0.494 e. The first-order valence-corrected chi connectivity index (χ1v) is 7.17. The van der Waals surface area contributed by atoms with Gasteiger partial charge >= 0.3 is 0 Å². The van der Waals surface area contributed by atoms with E-state index < -0.39 is 6.29 Å². The van der Waals surface area contributed by atoms with Crippen molar-refractivity contribution in [1.82, 2.24) is 15.0 Å². The lowest BCUT2D eigenvalue weighted by molar-refractivity contribution is -0.142. The number of aromatic nitrogens is 3. The summed E-state index contributed by atoms with van der Waals surface area (Å²) in [4.78, 5) is 0. The van der Waals surface area contributed by atoms with Crippen molar-refractivity contribution in [3.8, 4) is 11.4 Å². The van der Waals surface area contributed by atoms with Gasteiger partial charge in [-0.25, -0.2) is 4.68 Å². The first-order valence-electron chi connectivity index (χ1n) is 7.17. The summed E-state index contributed by atoms with van der Waals surface area (Å²) < 4.78 is 18.1. The SMILES string of the molecule is CCOc1ccc(-n2cc(C(OCC)OCC)nn2)cc1. The van der Waals surface area contributed by atoms with E-state index in [1.54, 1.807) is 4.68 Å². The van der Waals surface area contributed by atoms with E-state index in [9.17, 15) is 0 Å². The Morgan fingerprint density at radius 2 is 1.67 bits per heavy atom. The van der Waals surface area contributed by atoms with Crippen LogP contribution in [0.4, 0.5) is 0 Å². The number of ether oxygens (including phenoxy) is 3. The van der Waals surface area contributed by atoms with Crippen LogP contribution in [0.15, 0.2) is 30.5 Å². The Balaban J connectivity index is 2.14. The molecular formula is C15H21N3O3. The van der Waals surface area contributed by atoms with Crippen LogP contribution in [0.25, 0.3) is 5.69 Å². The van der Waals surface area contributed by atoms with E-state index in [1.807, 2.05) is 51.2 Å². The average molecular weight is 291 g/mol. The van der Waals surface area contributed by atoms with Crippen LogP contribution in [0.2, 0.25) is 0 Å². The number of nitrogens with zero attached hydrogens (tertiary/aromatic N) is 3. The van der Waals surface area contributed by atoms with Crippen LogP contribution in [-0.4, -0.2) is 34.8 Å². The molecule has 114 valence electrons. The van der Waals surface area contributed by atoms with Gasteiger partial charge in [-0.05, 0) is 45.0 Å². The van der Waals surface area contributed by atoms with Crippen LogP contribution in [0.3, 0.4) is 0 Å². The molecule has 2 aromatic rings. The summed E-state index contributed by atoms with van der Waals surface area (Å²) in [6, 6.07) is 7.67. The fourth-order valence-corrected chi connectivity index (χ4v) is 1.89.